The molecule has 7 heteroatoms. The molecule has 2 saturated heterocycles. The largest absolute Gasteiger partial charge is 0.341 e. The molecule has 25 heavy (non-hydrogen) atoms. The van der Waals surface area contributed by atoms with Crippen LogP contribution in [-0.2, 0) is 11.3 Å². The summed E-state index contributed by atoms with van der Waals surface area (Å²) in [5.41, 5.74) is 1.30. The first-order valence-corrected chi connectivity index (χ1v) is 9.24. The maximum atomic E-state index is 12.6. The second-order valence-electron chi connectivity index (χ2n) is 7.51. The number of piperidine rings is 1. The molecule has 2 fully saturated rings. The highest BCUT2D eigenvalue weighted by atomic mass is 16.2. The van der Waals surface area contributed by atoms with Crippen molar-refractivity contribution in [3.63, 3.8) is 0 Å². The third-order valence-electron chi connectivity index (χ3n) is 5.29. The molecule has 0 bridgehead atoms. The summed E-state index contributed by atoms with van der Waals surface area (Å²) >= 11 is 0. The number of amides is 2. The quantitative estimate of drug-likeness (QED) is 0.813. The summed E-state index contributed by atoms with van der Waals surface area (Å²) in [6, 6.07) is 1.80. The summed E-state index contributed by atoms with van der Waals surface area (Å²) in [4.78, 5) is 31.2. The van der Waals surface area contributed by atoms with Gasteiger partial charge in [-0.25, -0.2) is 0 Å². The molecule has 3 rings (SSSR count). The van der Waals surface area contributed by atoms with Crippen molar-refractivity contribution in [1.82, 2.24) is 24.5 Å². The van der Waals surface area contributed by atoms with Crippen LogP contribution in [0, 0.1) is 12.8 Å². The number of rotatable bonds is 3. The normalized spacial score (nSPS) is 22.3. The molecule has 7 nitrogen and oxygen atoms in total. The van der Waals surface area contributed by atoms with Gasteiger partial charge in [0.2, 0.25) is 5.91 Å². The minimum Gasteiger partial charge on any atom is -0.341 e. The predicted molar refractivity (Wildman–Crippen MR) is 95.3 cm³/mol. The Balaban J connectivity index is 1.63. The lowest BCUT2D eigenvalue weighted by atomic mass is 10.0. The predicted octanol–water partition coefficient (Wildman–Crippen LogP) is 0.838. The molecular formula is C18H29N5O2. The van der Waals surface area contributed by atoms with Gasteiger partial charge in [0.15, 0.2) is 5.69 Å². The summed E-state index contributed by atoms with van der Waals surface area (Å²) < 4.78 is 1.67. The molecule has 2 aliphatic heterocycles. The van der Waals surface area contributed by atoms with Gasteiger partial charge in [0.05, 0.1) is 0 Å². The van der Waals surface area contributed by atoms with E-state index in [1.165, 1.54) is 6.42 Å². The summed E-state index contributed by atoms with van der Waals surface area (Å²) in [7, 11) is 2.06. The maximum absolute atomic E-state index is 12.6. The molecule has 1 unspecified atom stereocenters. The van der Waals surface area contributed by atoms with E-state index in [0.717, 1.165) is 51.4 Å². The van der Waals surface area contributed by atoms with Gasteiger partial charge in [-0.1, -0.05) is 6.92 Å². The fraction of sp³-hybridized carbons (Fsp3) is 0.722. The van der Waals surface area contributed by atoms with Gasteiger partial charge in [-0.15, -0.1) is 0 Å². The molecule has 0 radical (unpaired) electrons. The second-order valence-corrected chi connectivity index (χ2v) is 7.51. The third kappa shape index (κ3) is 4.21. The topological polar surface area (TPSA) is 61.7 Å². The summed E-state index contributed by atoms with van der Waals surface area (Å²) in [6.45, 7) is 9.19. The molecule has 0 N–H and O–H groups in total. The van der Waals surface area contributed by atoms with Crippen LogP contribution in [-0.4, -0.2) is 82.6 Å². The molecule has 0 aromatic carbocycles. The molecule has 0 aliphatic carbocycles. The highest BCUT2D eigenvalue weighted by Gasteiger charge is 2.25. The molecule has 3 heterocycles. The van der Waals surface area contributed by atoms with Crippen LogP contribution in [0.25, 0.3) is 0 Å². The number of hydrogen-bond acceptors (Lipinski definition) is 4. The van der Waals surface area contributed by atoms with Gasteiger partial charge in [-0.05, 0) is 38.8 Å². The van der Waals surface area contributed by atoms with Crippen molar-refractivity contribution in [3.8, 4) is 0 Å². The van der Waals surface area contributed by atoms with Crippen molar-refractivity contribution in [2.24, 2.45) is 5.92 Å². The van der Waals surface area contributed by atoms with Crippen molar-refractivity contribution in [2.45, 2.75) is 33.2 Å². The number of likely N-dealkylation sites (tertiary alicyclic amines) is 1. The van der Waals surface area contributed by atoms with Crippen LogP contribution < -0.4 is 0 Å². The Kier molecular flexibility index (Phi) is 5.42. The Morgan fingerprint density at radius 3 is 2.56 bits per heavy atom. The van der Waals surface area contributed by atoms with E-state index in [2.05, 4.69) is 24.0 Å². The number of likely N-dealkylation sites (N-methyl/N-ethyl adjacent to an activating group) is 1. The Morgan fingerprint density at radius 2 is 1.88 bits per heavy atom. The second kappa shape index (κ2) is 7.56. The summed E-state index contributed by atoms with van der Waals surface area (Å²) in [5.74, 6) is 0.621. The van der Waals surface area contributed by atoms with E-state index in [0.29, 0.717) is 11.6 Å². The third-order valence-corrected chi connectivity index (χ3v) is 5.29. The van der Waals surface area contributed by atoms with E-state index in [-0.39, 0.29) is 18.4 Å². The number of carbonyl (C=O) groups excluding carboxylic acids is 2. The lowest BCUT2D eigenvalue weighted by Crippen LogP contribution is -2.47. The average molecular weight is 347 g/mol. The van der Waals surface area contributed by atoms with Crippen molar-refractivity contribution >= 4 is 11.8 Å². The fourth-order valence-corrected chi connectivity index (χ4v) is 3.59. The van der Waals surface area contributed by atoms with E-state index in [1.54, 1.807) is 10.7 Å². The average Bonchev–Trinajstić information content (AvgIpc) is 2.95. The van der Waals surface area contributed by atoms with Crippen molar-refractivity contribution in [3.05, 3.63) is 17.5 Å². The minimum atomic E-state index is -0.0333. The van der Waals surface area contributed by atoms with E-state index >= 15 is 0 Å². The molecule has 0 spiro atoms. The fourth-order valence-electron chi connectivity index (χ4n) is 3.59. The highest BCUT2D eigenvalue weighted by Crippen LogP contribution is 2.16. The Morgan fingerprint density at radius 1 is 1.16 bits per heavy atom. The standard InChI is InChI=1S/C18H29N5O2/c1-14-5-4-6-22(12-14)17(24)13-23-15(2)11-16(19-23)18(25)21-9-7-20(3)8-10-21/h11,14H,4-10,12-13H2,1-3H3. The Labute approximate surface area is 149 Å². The van der Waals surface area contributed by atoms with Gasteiger partial charge in [0.1, 0.15) is 6.54 Å². The van der Waals surface area contributed by atoms with E-state index in [9.17, 15) is 9.59 Å². The van der Waals surface area contributed by atoms with Crippen LogP contribution in [0.5, 0.6) is 0 Å². The molecule has 1 atom stereocenters. The molecule has 1 aromatic heterocycles. The SMILES string of the molecule is Cc1cc(C(=O)N2CCN(C)CC2)nn1CC(=O)N1CCCC(C)C1. The number of hydrogen-bond donors (Lipinski definition) is 0. The number of piperazine rings is 1. The molecule has 138 valence electrons. The molecule has 2 aliphatic rings. The van der Waals surface area contributed by atoms with Crippen molar-refractivity contribution < 1.29 is 9.59 Å². The summed E-state index contributed by atoms with van der Waals surface area (Å²) in [6.07, 6.45) is 2.26. The molecule has 2 amide bonds. The van der Waals surface area contributed by atoms with Gasteiger partial charge in [-0.2, -0.15) is 5.10 Å². The maximum Gasteiger partial charge on any atom is 0.274 e. The molecule has 0 saturated carbocycles. The molecular weight excluding hydrogens is 318 g/mol. The zero-order chi connectivity index (χ0) is 18.0. The Hall–Kier alpha value is -1.89. The van der Waals surface area contributed by atoms with Gasteiger partial charge in [0, 0.05) is 45.0 Å². The van der Waals surface area contributed by atoms with Crippen LogP contribution in [0.15, 0.2) is 6.07 Å². The van der Waals surface area contributed by atoms with Gasteiger partial charge >= 0.3 is 0 Å². The lowest BCUT2D eigenvalue weighted by molar-refractivity contribution is -0.133. The minimum absolute atomic E-state index is 0.0333. The zero-order valence-electron chi connectivity index (χ0n) is 15.6. The monoisotopic (exact) mass is 347 g/mol. The number of aryl methyl sites for hydroxylation is 1. The van der Waals surface area contributed by atoms with Crippen LogP contribution >= 0.6 is 0 Å². The Bertz CT molecular complexity index is 633. The number of carbonyl (C=O) groups is 2. The van der Waals surface area contributed by atoms with Crippen LogP contribution in [0.2, 0.25) is 0 Å². The van der Waals surface area contributed by atoms with Crippen LogP contribution in [0.1, 0.15) is 35.9 Å². The first-order chi connectivity index (χ1) is 11.9. The first-order valence-electron chi connectivity index (χ1n) is 9.24. The van der Waals surface area contributed by atoms with Gasteiger partial charge < -0.3 is 14.7 Å². The number of nitrogens with zero attached hydrogens (tertiary/aromatic N) is 5. The van der Waals surface area contributed by atoms with Gasteiger partial charge in [0.25, 0.3) is 5.91 Å². The van der Waals surface area contributed by atoms with Crippen LogP contribution in [0.3, 0.4) is 0 Å². The van der Waals surface area contributed by atoms with E-state index in [4.69, 9.17) is 0 Å². The first kappa shape index (κ1) is 17.9. The zero-order valence-corrected chi connectivity index (χ0v) is 15.6. The van der Waals surface area contributed by atoms with Crippen LogP contribution in [0.4, 0.5) is 0 Å². The van der Waals surface area contributed by atoms with Gasteiger partial charge in [-0.3, -0.25) is 14.3 Å². The molecule has 1 aromatic rings. The van der Waals surface area contributed by atoms with Crippen molar-refractivity contribution in [2.75, 3.05) is 46.3 Å². The number of aromatic nitrogens is 2. The highest BCUT2D eigenvalue weighted by molar-refractivity contribution is 5.92. The van der Waals surface area contributed by atoms with E-state index < -0.39 is 0 Å². The lowest BCUT2D eigenvalue weighted by Gasteiger charge is -2.32. The smallest absolute Gasteiger partial charge is 0.274 e. The summed E-state index contributed by atoms with van der Waals surface area (Å²) in [5, 5.41) is 4.42. The van der Waals surface area contributed by atoms with E-state index in [1.807, 2.05) is 16.7 Å². The van der Waals surface area contributed by atoms with Crippen molar-refractivity contribution in [1.29, 1.82) is 0 Å².